The molecule has 0 atom stereocenters. The van der Waals surface area contributed by atoms with Crippen molar-refractivity contribution in [2.75, 3.05) is 0 Å². The standard InChI is InChI=1S/C13H15F2N3/c1-9-5-11(18(2)17-9)8-16-7-10-3-4-12(14)13(15)6-10/h3-6,16H,7-8H2,1-2H3. The van der Waals surface area contributed by atoms with Crippen LogP contribution >= 0.6 is 0 Å². The van der Waals surface area contributed by atoms with Crippen molar-refractivity contribution in [1.82, 2.24) is 15.1 Å². The monoisotopic (exact) mass is 251 g/mol. The Morgan fingerprint density at radius 1 is 1.17 bits per heavy atom. The number of hydrogen-bond donors (Lipinski definition) is 1. The Morgan fingerprint density at radius 3 is 2.56 bits per heavy atom. The summed E-state index contributed by atoms with van der Waals surface area (Å²) in [6, 6.07) is 5.90. The molecule has 1 heterocycles. The predicted molar refractivity (Wildman–Crippen MR) is 64.8 cm³/mol. The molecule has 5 heteroatoms. The molecule has 18 heavy (non-hydrogen) atoms. The number of hydrogen-bond acceptors (Lipinski definition) is 2. The normalized spacial score (nSPS) is 10.9. The van der Waals surface area contributed by atoms with Crippen LogP contribution in [0.2, 0.25) is 0 Å². The van der Waals surface area contributed by atoms with Gasteiger partial charge < -0.3 is 5.32 Å². The lowest BCUT2D eigenvalue weighted by Crippen LogP contribution is -2.15. The number of rotatable bonds is 4. The van der Waals surface area contributed by atoms with Gasteiger partial charge in [-0.1, -0.05) is 6.07 Å². The first-order valence-corrected chi connectivity index (χ1v) is 5.70. The minimum absolute atomic E-state index is 0.488. The maximum absolute atomic E-state index is 13.0. The molecule has 0 spiro atoms. The second-order valence-corrected chi connectivity index (χ2v) is 4.25. The minimum atomic E-state index is -0.819. The first kappa shape index (κ1) is 12.7. The van der Waals surface area contributed by atoms with Gasteiger partial charge in [0.25, 0.3) is 0 Å². The van der Waals surface area contributed by atoms with Gasteiger partial charge in [0.2, 0.25) is 0 Å². The molecule has 1 aromatic carbocycles. The third kappa shape index (κ3) is 2.92. The van der Waals surface area contributed by atoms with E-state index < -0.39 is 11.6 Å². The molecule has 2 aromatic rings. The topological polar surface area (TPSA) is 29.9 Å². The van der Waals surface area contributed by atoms with Crippen molar-refractivity contribution in [3.63, 3.8) is 0 Å². The Bertz CT molecular complexity index is 549. The van der Waals surface area contributed by atoms with Crippen molar-refractivity contribution in [2.24, 2.45) is 7.05 Å². The van der Waals surface area contributed by atoms with Crippen LogP contribution in [0, 0.1) is 18.6 Å². The smallest absolute Gasteiger partial charge is 0.159 e. The van der Waals surface area contributed by atoms with Crippen molar-refractivity contribution in [3.8, 4) is 0 Å². The van der Waals surface area contributed by atoms with Gasteiger partial charge in [0.05, 0.1) is 11.4 Å². The van der Waals surface area contributed by atoms with Crippen LogP contribution in [0.3, 0.4) is 0 Å². The predicted octanol–water partition coefficient (Wildman–Crippen LogP) is 2.30. The van der Waals surface area contributed by atoms with E-state index in [4.69, 9.17) is 0 Å². The summed E-state index contributed by atoms with van der Waals surface area (Å²) in [5.74, 6) is -1.63. The maximum atomic E-state index is 13.0. The lowest BCUT2D eigenvalue weighted by molar-refractivity contribution is 0.505. The number of halogens is 2. The van der Waals surface area contributed by atoms with E-state index in [1.807, 2.05) is 20.0 Å². The van der Waals surface area contributed by atoms with Crippen LogP contribution < -0.4 is 5.32 Å². The minimum Gasteiger partial charge on any atom is -0.307 e. The molecule has 1 N–H and O–H groups in total. The Labute approximate surface area is 104 Å². The van der Waals surface area contributed by atoms with Crippen molar-refractivity contribution >= 4 is 0 Å². The zero-order valence-corrected chi connectivity index (χ0v) is 10.4. The summed E-state index contributed by atoms with van der Waals surface area (Å²) in [5, 5.41) is 7.40. The first-order chi connectivity index (χ1) is 8.56. The van der Waals surface area contributed by atoms with E-state index in [9.17, 15) is 8.78 Å². The van der Waals surface area contributed by atoms with E-state index in [1.165, 1.54) is 6.07 Å². The molecule has 1 aromatic heterocycles. The molecule has 0 amide bonds. The van der Waals surface area contributed by atoms with Crippen LogP contribution in [0.5, 0.6) is 0 Å². The van der Waals surface area contributed by atoms with Gasteiger partial charge in [0.15, 0.2) is 11.6 Å². The summed E-state index contributed by atoms with van der Waals surface area (Å²) in [6.45, 7) is 3.05. The Hall–Kier alpha value is -1.75. The molecule has 0 saturated heterocycles. The number of benzene rings is 1. The molecule has 0 aliphatic carbocycles. The number of aryl methyl sites for hydroxylation is 2. The average molecular weight is 251 g/mol. The van der Waals surface area contributed by atoms with Crippen molar-refractivity contribution < 1.29 is 8.78 Å². The highest BCUT2D eigenvalue weighted by Gasteiger charge is 2.04. The van der Waals surface area contributed by atoms with Crippen LogP contribution in [0.15, 0.2) is 24.3 Å². The average Bonchev–Trinajstić information content (AvgIpc) is 2.63. The Kier molecular flexibility index (Phi) is 3.72. The molecular weight excluding hydrogens is 236 g/mol. The van der Waals surface area contributed by atoms with Gasteiger partial charge in [-0.05, 0) is 30.7 Å². The Balaban J connectivity index is 1.92. The van der Waals surface area contributed by atoms with Gasteiger partial charge >= 0.3 is 0 Å². The SMILES string of the molecule is Cc1cc(CNCc2ccc(F)c(F)c2)n(C)n1. The van der Waals surface area contributed by atoms with E-state index >= 15 is 0 Å². The highest BCUT2D eigenvalue weighted by molar-refractivity contribution is 5.17. The summed E-state index contributed by atoms with van der Waals surface area (Å²) in [5.41, 5.74) is 2.73. The molecule has 0 unspecified atom stereocenters. The molecular formula is C13H15F2N3. The summed E-state index contributed by atoms with van der Waals surface area (Å²) >= 11 is 0. The molecule has 0 aliphatic heterocycles. The van der Waals surface area contributed by atoms with Gasteiger partial charge in [-0.15, -0.1) is 0 Å². The van der Waals surface area contributed by atoms with Crippen molar-refractivity contribution in [1.29, 1.82) is 0 Å². The van der Waals surface area contributed by atoms with E-state index in [0.717, 1.165) is 17.5 Å². The van der Waals surface area contributed by atoms with E-state index in [2.05, 4.69) is 10.4 Å². The number of nitrogens with one attached hydrogen (secondary N) is 1. The van der Waals surface area contributed by atoms with Crippen LogP contribution in [0.25, 0.3) is 0 Å². The lowest BCUT2D eigenvalue weighted by Gasteiger charge is -2.05. The molecule has 0 saturated carbocycles. The zero-order chi connectivity index (χ0) is 13.1. The van der Waals surface area contributed by atoms with Gasteiger partial charge in [0.1, 0.15) is 0 Å². The molecule has 3 nitrogen and oxygen atoms in total. The van der Waals surface area contributed by atoms with E-state index in [1.54, 1.807) is 10.7 Å². The largest absolute Gasteiger partial charge is 0.307 e. The molecule has 0 radical (unpaired) electrons. The van der Waals surface area contributed by atoms with E-state index in [0.29, 0.717) is 18.7 Å². The molecule has 0 aliphatic rings. The molecule has 96 valence electrons. The fourth-order valence-corrected chi connectivity index (χ4v) is 1.81. The molecule has 0 bridgehead atoms. The summed E-state index contributed by atoms with van der Waals surface area (Å²) in [6.07, 6.45) is 0. The first-order valence-electron chi connectivity index (χ1n) is 5.70. The zero-order valence-electron chi connectivity index (χ0n) is 10.4. The van der Waals surface area contributed by atoms with Gasteiger partial charge in [-0.3, -0.25) is 4.68 Å². The maximum Gasteiger partial charge on any atom is 0.159 e. The van der Waals surface area contributed by atoms with Crippen molar-refractivity contribution in [3.05, 3.63) is 52.9 Å². The third-order valence-corrected chi connectivity index (χ3v) is 2.72. The highest BCUT2D eigenvalue weighted by atomic mass is 19.2. The van der Waals surface area contributed by atoms with Crippen LogP contribution in [-0.2, 0) is 20.1 Å². The van der Waals surface area contributed by atoms with Gasteiger partial charge in [-0.2, -0.15) is 5.10 Å². The van der Waals surface area contributed by atoms with Crippen LogP contribution in [0.4, 0.5) is 8.78 Å². The van der Waals surface area contributed by atoms with Crippen LogP contribution in [-0.4, -0.2) is 9.78 Å². The second kappa shape index (κ2) is 5.27. The number of nitrogens with zero attached hydrogens (tertiary/aromatic N) is 2. The Morgan fingerprint density at radius 2 is 1.94 bits per heavy atom. The third-order valence-electron chi connectivity index (χ3n) is 2.72. The highest BCUT2D eigenvalue weighted by Crippen LogP contribution is 2.09. The summed E-state index contributed by atoms with van der Waals surface area (Å²) in [7, 11) is 1.88. The quantitative estimate of drug-likeness (QED) is 0.903. The van der Waals surface area contributed by atoms with E-state index in [-0.39, 0.29) is 0 Å². The fraction of sp³-hybridized carbons (Fsp3) is 0.308. The number of aromatic nitrogens is 2. The summed E-state index contributed by atoms with van der Waals surface area (Å²) < 4.78 is 27.5. The van der Waals surface area contributed by atoms with Gasteiger partial charge in [-0.25, -0.2) is 8.78 Å². The second-order valence-electron chi connectivity index (χ2n) is 4.25. The van der Waals surface area contributed by atoms with Crippen LogP contribution in [0.1, 0.15) is 17.0 Å². The van der Waals surface area contributed by atoms with Gasteiger partial charge in [0, 0.05) is 20.1 Å². The summed E-state index contributed by atoms with van der Waals surface area (Å²) in [4.78, 5) is 0. The molecule has 2 rings (SSSR count). The lowest BCUT2D eigenvalue weighted by atomic mass is 10.2. The fourth-order valence-electron chi connectivity index (χ4n) is 1.81. The molecule has 0 fully saturated rings. The van der Waals surface area contributed by atoms with Crippen molar-refractivity contribution in [2.45, 2.75) is 20.0 Å².